The summed E-state index contributed by atoms with van der Waals surface area (Å²) in [5.74, 6) is -4.94. The van der Waals surface area contributed by atoms with Crippen LogP contribution in [-0.4, -0.2) is 10.9 Å². The van der Waals surface area contributed by atoms with Crippen molar-refractivity contribution in [2.45, 2.75) is 6.54 Å². The van der Waals surface area contributed by atoms with E-state index in [1.165, 1.54) is 18.3 Å². The second-order valence-corrected chi connectivity index (χ2v) is 3.95. The Kier molecular flexibility index (Phi) is 3.99. The number of halogens is 3. The second kappa shape index (κ2) is 5.70. The van der Waals surface area contributed by atoms with E-state index in [0.717, 1.165) is 0 Å². The number of hydrogen-bond donors (Lipinski definition) is 2. The van der Waals surface area contributed by atoms with E-state index in [9.17, 15) is 18.0 Å². The number of hydrogen-bond acceptors (Lipinski definition) is 3. The molecule has 20 heavy (non-hydrogen) atoms. The molecule has 0 aliphatic heterocycles. The largest absolute Gasteiger partial charge is 0.325 e. The zero-order chi connectivity index (χ0) is 14.7. The highest BCUT2D eigenvalue weighted by molar-refractivity contribution is 6.04. The lowest BCUT2D eigenvalue weighted by atomic mass is 10.2. The minimum absolute atomic E-state index is 0.154. The van der Waals surface area contributed by atoms with Crippen LogP contribution in [0.4, 0.5) is 18.9 Å². The molecule has 0 fully saturated rings. The van der Waals surface area contributed by atoms with Gasteiger partial charge in [0.2, 0.25) is 0 Å². The zero-order valence-electron chi connectivity index (χ0n) is 10.2. The van der Waals surface area contributed by atoms with Gasteiger partial charge >= 0.3 is 0 Å². The highest BCUT2D eigenvalue weighted by Gasteiger charge is 2.13. The average Bonchev–Trinajstić information content (AvgIpc) is 2.44. The SMILES string of the molecule is NCc1cc(C(=O)Nc2cc(F)c(F)c(F)c2)ccn1. The van der Waals surface area contributed by atoms with Crippen LogP contribution in [0, 0.1) is 17.5 Å². The van der Waals surface area contributed by atoms with Gasteiger partial charge in [0, 0.05) is 36.1 Å². The fourth-order valence-electron chi connectivity index (χ4n) is 1.56. The van der Waals surface area contributed by atoms with Gasteiger partial charge in [-0.3, -0.25) is 9.78 Å². The van der Waals surface area contributed by atoms with Gasteiger partial charge in [0.1, 0.15) is 0 Å². The van der Waals surface area contributed by atoms with E-state index in [1.807, 2.05) is 0 Å². The second-order valence-electron chi connectivity index (χ2n) is 3.95. The topological polar surface area (TPSA) is 68.0 Å². The molecular formula is C13H10F3N3O. The van der Waals surface area contributed by atoms with E-state index in [4.69, 9.17) is 5.73 Å². The standard InChI is InChI=1S/C13H10F3N3O/c14-10-4-8(5-11(15)12(10)16)19-13(20)7-1-2-18-9(3-7)6-17/h1-5H,6,17H2,(H,19,20). The van der Waals surface area contributed by atoms with E-state index in [-0.39, 0.29) is 17.8 Å². The van der Waals surface area contributed by atoms with E-state index in [2.05, 4.69) is 10.3 Å². The Morgan fingerprint density at radius 3 is 2.45 bits per heavy atom. The number of benzene rings is 1. The number of carbonyl (C=O) groups is 1. The summed E-state index contributed by atoms with van der Waals surface area (Å²) in [4.78, 5) is 15.8. The molecule has 0 bridgehead atoms. The summed E-state index contributed by atoms with van der Waals surface area (Å²) in [6.45, 7) is 0.154. The van der Waals surface area contributed by atoms with Crippen LogP contribution in [0.15, 0.2) is 30.5 Å². The van der Waals surface area contributed by atoms with Gasteiger partial charge < -0.3 is 11.1 Å². The lowest BCUT2D eigenvalue weighted by Crippen LogP contribution is -2.14. The highest BCUT2D eigenvalue weighted by atomic mass is 19.2. The van der Waals surface area contributed by atoms with Crippen LogP contribution in [0.2, 0.25) is 0 Å². The molecule has 0 atom stereocenters. The molecule has 0 saturated heterocycles. The Balaban J connectivity index is 2.23. The first-order valence-electron chi connectivity index (χ1n) is 5.62. The van der Waals surface area contributed by atoms with Gasteiger partial charge in [-0.25, -0.2) is 13.2 Å². The number of aromatic nitrogens is 1. The Morgan fingerprint density at radius 2 is 1.85 bits per heavy atom. The van der Waals surface area contributed by atoms with Gasteiger partial charge in [-0.1, -0.05) is 0 Å². The molecule has 3 N–H and O–H groups in total. The highest BCUT2D eigenvalue weighted by Crippen LogP contribution is 2.18. The molecule has 0 spiro atoms. The molecule has 0 aliphatic carbocycles. The lowest BCUT2D eigenvalue weighted by molar-refractivity contribution is 0.102. The summed E-state index contributed by atoms with van der Waals surface area (Å²) < 4.78 is 38.8. The van der Waals surface area contributed by atoms with E-state index in [1.54, 1.807) is 0 Å². The number of nitrogens with two attached hydrogens (primary N) is 1. The van der Waals surface area contributed by atoms with Crippen LogP contribution in [0.3, 0.4) is 0 Å². The zero-order valence-corrected chi connectivity index (χ0v) is 10.2. The van der Waals surface area contributed by atoms with Crippen molar-refractivity contribution in [1.82, 2.24) is 4.98 Å². The summed E-state index contributed by atoms with van der Waals surface area (Å²) in [6.07, 6.45) is 1.39. The van der Waals surface area contributed by atoms with Gasteiger partial charge in [0.15, 0.2) is 17.5 Å². The quantitative estimate of drug-likeness (QED) is 0.847. The number of carbonyl (C=O) groups excluding carboxylic acids is 1. The van der Waals surface area contributed by atoms with Crippen molar-refractivity contribution in [3.63, 3.8) is 0 Å². The van der Waals surface area contributed by atoms with Crippen molar-refractivity contribution in [2.24, 2.45) is 5.73 Å². The molecule has 0 saturated carbocycles. The number of nitrogens with one attached hydrogen (secondary N) is 1. The van der Waals surface area contributed by atoms with Crippen LogP contribution < -0.4 is 11.1 Å². The van der Waals surface area contributed by atoms with Crippen LogP contribution in [0.25, 0.3) is 0 Å². The van der Waals surface area contributed by atoms with Crippen molar-refractivity contribution in [3.8, 4) is 0 Å². The van der Waals surface area contributed by atoms with Crippen molar-refractivity contribution in [2.75, 3.05) is 5.32 Å². The maximum atomic E-state index is 13.0. The lowest BCUT2D eigenvalue weighted by Gasteiger charge is -2.07. The van der Waals surface area contributed by atoms with Crippen molar-refractivity contribution < 1.29 is 18.0 Å². The van der Waals surface area contributed by atoms with Gasteiger partial charge in [-0.2, -0.15) is 0 Å². The number of nitrogens with zero attached hydrogens (tertiary/aromatic N) is 1. The molecular weight excluding hydrogens is 271 g/mol. The monoisotopic (exact) mass is 281 g/mol. The third kappa shape index (κ3) is 2.94. The van der Waals surface area contributed by atoms with E-state index < -0.39 is 23.4 Å². The first kappa shape index (κ1) is 14.0. The van der Waals surface area contributed by atoms with Gasteiger partial charge in [-0.05, 0) is 12.1 Å². The molecule has 1 heterocycles. The Labute approximate surface area is 112 Å². The molecule has 4 nitrogen and oxygen atoms in total. The Hall–Kier alpha value is -2.41. The maximum absolute atomic E-state index is 13.0. The molecule has 104 valence electrons. The maximum Gasteiger partial charge on any atom is 0.255 e. The normalized spacial score (nSPS) is 10.4. The molecule has 2 rings (SSSR count). The van der Waals surface area contributed by atoms with Crippen molar-refractivity contribution in [3.05, 3.63) is 59.2 Å². The van der Waals surface area contributed by atoms with Crippen molar-refractivity contribution >= 4 is 11.6 Å². The molecule has 2 aromatic rings. The Morgan fingerprint density at radius 1 is 1.20 bits per heavy atom. The van der Waals surface area contributed by atoms with Crippen LogP contribution in [-0.2, 0) is 6.54 Å². The van der Waals surface area contributed by atoms with Crippen LogP contribution >= 0.6 is 0 Å². The third-order valence-corrected chi connectivity index (χ3v) is 2.53. The first-order valence-corrected chi connectivity index (χ1v) is 5.62. The van der Waals surface area contributed by atoms with Gasteiger partial charge in [0.05, 0.1) is 5.69 Å². The van der Waals surface area contributed by atoms with Crippen molar-refractivity contribution in [1.29, 1.82) is 0 Å². The molecule has 1 aromatic heterocycles. The fourth-order valence-corrected chi connectivity index (χ4v) is 1.56. The third-order valence-electron chi connectivity index (χ3n) is 2.53. The van der Waals surface area contributed by atoms with E-state index in [0.29, 0.717) is 17.8 Å². The smallest absolute Gasteiger partial charge is 0.255 e. The summed E-state index contributed by atoms with van der Waals surface area (Å²) in [5.41, 5.74) is 5.93. The first-order chi connectivity index (χ1) is 9.51. The predicted molar refractivity (Wildman–Crippen MR) is 66.4 cm³/mol. The number of amides is 1. The summed E-state index contributed by atoms with van der Waals surface area (Å²) in [7, 11) is 0. The molecule has 0 unspecified atom stereocenters. The van der Waals surface area contributed by atoms with E-state index >= 15 is 0 Å². The summed E-state index contributed by atoms with van der Waals surface area (Å²) >= 11 is 0. The van der Waals surface area contributed by atoms with Crippen LogP contribution in [0.5, 0.6) is 0 Å². The number of pyridine rings is 1. The van der Waals surface area contributed by atoms with Gasteiger partial charge in [-0.15, -0.1) is 0 Å². The number of anilines is 1. The van der Waals surface area contributed by atoms with Crippen LogP contribution in [0.1, 0.15) is 16.1 Å². The molecule has 7 heteroatoms. The molecule has 1 amide bonds. The molecule has 0 radical (unpaired) electrons. The van der Waals surface area contributed by atoms with Gasteiger partial charge in [0.25, 0.3) is 5.91 Å². The minimum Gasteiger partial charge on any atom is -0.325 e. The predicted octanol–water partition coefficient (Wildman–Crippen LogP) is 2.21. The Bertz CT molecular complexity index is 638. The molecule has 0 aliphatic rings. The summed E-state index contributed by atoms with van der Waals surface area (Å²) in [6, 6.07) is 4.26. The molecule has 1 aromatic carbocycles. The summed E-state index contributed by atoms with van der Waals surface area (Å²) in [5, 5.41) is 2.26. The average molecular weight is 281 g/mol. The minimum atomic E-state index is -1.59. The number of rotatable bonds is 3. The fraction of sp³-hybridized carbons (Fsp3) is 0.0769.